The Morgan fingerprint density at radius 2 is 1.18 bits per heavy atom. The van der Waals surface area contributed by atoms with Crippen LogP contribution in [0.25, 0.3) is 0 Å². The van der Waals surface area contributed by atoms with E-state index in [0.29, 0.717) is 12.0 Å². The normalized spacial score (nSPS) is 13.1. The number of imide groups is 1. The molecule has 2 aromatic rings. The average molecular weight is 943 g/mol. The van der Waals surface area contributed by atoms with Crippen molar-refractivity contribution in [3.63, 3.8) is 0 Å². The van der Waals surface area contributed by atoms with E-state index < -0.39 is 78.7 Å². The summed E-state index contributed by atoms with van der Waals surface area (Å²) in [6, 6.07) is 15.6. The number of amides is 5. The van der Waals surface area contributed by atoms with Gasteiger partial charge in [0.05, 0.1) is 7.11 Å². The van der Waals surface area contributed by atoms with Gasteiger partial charge in [0.25, 0.3) is 0 Å². The van der Waals surface area contributed by atoms with Crippen LogP contribution < -0.4 is 19.5 Å². The monoisotopic (exact) mass is 943 g/mol. The number of carbonyl (C=O) groups excluding carboxylic acids is 6. The predicted molar refractivity (Wildman–Crippen MR) is 238 cm³/mol. The summed E-state index contributed by atoms with van der Waals surface area (Å²) >= 11 is -3.03. The second kappa shape index (κ2) is 27.1. The van der Waals surface area contributed by atoms with E-state index in [1.165, 1.54) is 7.11 Å². The first-order valence-corrected chi connectivity index (χ1v) is 29.3. The SMILES string of the molecule is CCC[CH2][Sn]([CH2]CCC)([CH2]CCC)[NH][C@@H](Cc1ccccc1)C(=O)NCC(=O)NCC(=O)N[C@@H](Cc1ccccc1)C(=O)N(C(=O)OC(C)(C)C)[C@@H](CC(C)C)C(=O)OC. The van der Waals surface area contributed by atoms with Crippen LogP contribution in [0.3, 0.4) is 0 Å². The average Bonchev–Trinajstić information content (AvgIpc) is 3.21. The molecule has 0 aliphatic heterocycles. The van der Waals surface area contributed by atoms with E-state index in [9.17, 15) is 28.8 Å². The van der Waals surface area contributed by atoms with Crippen LogP contribution in [0.2, 0.25) is 13.3 Å². The van der Waals surface area contributed by atoms with Crippen molar-refractivity contribution in [2.45, 2.75) is 150 Å². The number of hydrogen-bond donors (Lipinski definition) is 4. The molecule has 14 heteroatoms. The molecule has 334 valence electrons. The van der Waals surface area contributed by atoms with Crippen molar-refractivity contribution < 1.29 is 38.2 Å². The van der Waals surface area contributed by atoms with Gasteiger partial charge in [-0.25, -0.2) is 14.5 Å². The summed E-state index contributed by atoms with van der Waals surface area (Å²) < 4.78 is 18.1. The van der Waals surface area contributed by atoms with Crippen LogP contribution >= 0.6 is 0 Å². The fourth-order valence-corrected chi connectivity index (χ4v) is 22.1. The Bertz CT molecular complexity index is 1610. The van der Waals surface area contributed by atoms with Crippen LogP contribution in [0.1, 0.15) is 111 Å². The molecule has 0 aliphatic rings. The third kappa shape index (κ3) is 19.2. The molecule has 2 aromatic carbocycles. The standard InChI is InChI=1S/C34H46N5O8.3C4H9.Sn/c1-22(2)17-27(32(44)46-6)39(33(45)47-34(3,4)5)31(43)26(19-24-15-11-8-12-16-24)38-29(41)21-36-28(40)20-37-30(42)25(35)18-23-13-9-7-10-14-23;3*1-3-4-2;/h7-16,22,25-27,35H,17-21H2,1-6H3,(H,36,40)(H,37,42)(H,38,41);3*1,3-4H2,2H3;/q-1;;;;+1/t25-,26-,27-;;;;/m0..../s1. The molecule has 0 bridgehead atoms. The van der Waals surface area contributed by atoms with Gasteiger partial charge in [0.1, 0.15) is 11.6 Å². The molecule has 0 aliphatic carbocycles. The summed E-state index contributed by atoms with van der Waals surface area (Å²) in [6.45, 7) is 14.4. The molecule has 2 rings (SSSR count). The van der Waals surface area contributed by atoms with E-state index in [1.54, 1.807) is 51.1 Å². The molecule has 60 heavy (non-hydrogen) atoms. The van der Waals surface area contributed by atoms with Crippen molar-refractivity contribution in [2.24, 2.45) is 5.92 Å². The molecule has 0 unspecified atom stereocenters. The molecule has 13 nitrogen and oxygen atoms in total. The number of nitrogens with one attached hydrogen (secondary N) is 4. The number of carbonyl (C=O) groups is 6. The van der Waals surface area contributed by atoms with Crippen molar-refractivity contribution in [1.29, 1.82) is 0 Å². The molecule has 4 N–H and O–H groups in total. The Kier molecular flexibility index (Phi) is 23.5. The number of hydrogen-bond acceptors (Lipinski definition) is 9. The van der Waals surface area contributed by atoms with Crippen LogP contribution in [-0.2, 0) is 46.3 Å². The number of ether oxygens (including phenoxy) is 2. The number of benzene rings is 2. The third-order valence-electron chi connectivity index (χ3n) is 10.2. The number of unbranched alkanes of at least 4 members (excludes halogenated alkanes) is 3. The molecule has 0 fully saturated rings. The molecular formula is C46H73N5O8Sn. The van der Waals surface area contributed by atoms with Crippen LogP contribution in [0, 0.1) is 5.92 Å². The van der Waals surface area contributed by atoms with Gasteiger partial charge >= 0.3 is 235 Å². The maximum atomic E-state index is 14.4. The van der Waals surface area contributed by atoms with E-state index in [1.807, 2.05) is 44.2 Å². The Balaban J connectivity index is 2.30. The van der Waals surface area contributed by atoms with Gasteiger partial charge in [-0.2, -0.15) is 0 Å². The van der Waals surface area contributed by atoms with Gasteiger partial charge in [-0.05, 0) is 38.7 Å². The van der Waals surface area contributed by atoms with E-state index in [-0.39, 0.29) is 31.2 Å². The first kappa shape index (κ1) is 52.2. The van der Waals surface area contributed by atoms with Gasteiger partial charge in [-0.1, -0.05) is 44.2 Å². The van der Waals surface area contributed by atoms with Gasteiger partial charge in [0, 0.05) is 0 Å². The summed E-state index contributed by atoms with van der Waals surface area (Å²) in [5, 5.41) is 8.07. The minimum absolute atomic E-state index is 0.0264. The zero-order valence-corrected chi connectivity index (χ0v) is 40.5. The fraction of sp³-hybridized carbons (Fsp3) is 0.609. The molecule has 0 radical (unpaired) electrons. The first-order valence-electron chi connectivity index (χ1n) is 21.8. The quantitative estimate of drug-likeness (QED) is 0.0582. The molecule has 0 heterocycles. The maximum absolute atomic E-state index is 14.4. The zero-order chi connectivity index (χ0) is 44.7. The second-order valence-corrected chi connectivity index (χ2v) is 29.6. The van der Waals surface area contributed by atoms with Crippen molar-refractivity contribution in [2.75, 3.05) is 20.2 Å². The number of nitrogens with zero attached hydrogens (tertiary/aromatic N) is 1. The van der Waals surface area contributed by atoms with Crippen molar-refractivity contribution in [3.05, 3.63) is 71.8 Å². The Hall–Kier alpha value is -3.98. The minimum atomic E-state index is -3.03. The molecule has 3 atom stereocenters. The fourth-order valence-electron chi connectivity index (χ4n) is 7.13. The van der Waals surface area contributed by atoms with Crippen molar-refractivity contribution in [3.8, 4) is 0 Å². The Labute approximate surface area is 363 Å². The summed E-state index contributed by atoms with van der Waals surface area (Å²) in [5.41, 5.74) is 0.700. The predicted octanol–water partition coefficient (Wildman–Crippen LogP) is 6.84. The number of methoxy groups -OCH3 is 1. The molecule has 0 aromatic heterocycles. The third-order valence-corrected chi connectivity index (χ3v) is 24.2. The Morgan fingerprint density at radius 3 is 1.63 bits per heavy atom. The summed E-state index contributed by atoms with van der Waals surface area (Å²) in [7, 11) is 1.17. The van der Waals surface area contributed by atoms with Gasteiger partial charge in [0.2, 0.25) is 0 Å². The molecular weight excluding hydrogens is 869 g/mol. The van der Waals surface area contributed by atoms with Crippen molar-refractivity contribution >= 4 is 54.3 Å². The number of rotatable bonds is 26. The van der Waals surface area contributed by atoms with E-state index in [2.05, 4.69) is 40.3 Å². The van der Waals surface area contributed by atoms with Crippen LogP contribution in [-0.4, -0.2) is 103 Å². The van der Waals surface area contributed by atoms with E-state index >= 15 is 0 Å². The summed E-state index contributed by atoms with van der Waals surface area (Å²) in [5.74, 6) is -3.36. The van der Waals surface area contributed by atoms with Gasteiger partial charge in [0.15, 0.2) is 0 Å². The van der Waals surface area contributed by atoms with Gasteiger partial charge in [-0.3, -0.25) is 4.79 Å². The molecule has 0 saturated heterocycles. The van der Waals surface area contributed by atoms with Crippen molar-refractivity contribution in [1.82, 2.24) is 24.4 Å². The van der Waals surface area contributed by atoms with E-state index in [4.69, 9.17) is 9.47 Å². The molecule has 0 spiro atoms. The smallest absolute Gasteiger partial charge is 0.467 e. The second-order valence-electron chi connectivity index (χ2n) is 17.1. The zero-order valence-electron chi connectivity index (χ0n) is 37.7. The number of esters is 1. The molecule has 0 saturated carbocycles. The van der Waals surface area contributed by atoms with Crippen LogP contribution in [0.4, 0.5) is 4.79 Å². The Morgan fingerprint density at radius 1 is 0.700 bits per heavy atom. The topological polar surface area (TPSA) is 172 Å². The van der Waals surface area contributed by atoms with Gasteiger partial charge in [-0.15, -0.1) is 0 Å². The summed E-state index contributed by atoms with van der Waals surface area (Å²) in [4.78, 5) is 82.5. The first-order chi connectivity index (χ1) is 28.5. The molecule has 5 amide bonds. The van der Waals surface area contributed by atoms with Crippen LogP contribution in [0.5, 0.6) is 0 Å². The van der Waals surface area contributed by atoms with E-state index in [0.717, 1.165) is 62.3 Å². The minimum Gasteiger partial charge on any atom is -0.467 e. The van der Waals surface area contributed by atoms with Crippen LogP contribution in [0.15, 0.2) is 60.7 Å². The van der Waals surface area contributed by atoms with Gasteiger partial charge < -0.3 is 9.47 Å². The summed E-state index contributed by atoms with van der Waals surface area (Å²) in [6.07, 6.45) is 6.16.